The topological polar surface area (TPSA) is 30.2 Å². The molecule has 3 nitrogen and oxygen atoms in total. The van der Waals surface area contributed by atoms with E-state index < -0.39 is 11.9 Å². The Kier molecular flexibility index (Phi) is 3.01. The second-order valence-corrected chi connectivity index (χ2v) is 5.10. The number of benzene rings is 1. The Hall–Kier alpha value is -1.89. The maximum atomic E-state index is 12.6. The summed E-state index contributed by atoms with van der Waals surface area (Å²) < 4.78 is 40.0. The van der Waals surface area contributed by atoms with Gasteiger partial charge in [-0.2, -0.15) is 18.3 Å². The lowest BCUT2D eigenvalue weighted by molar-refractivity contribution is -0.141. The highest BCUT2D eigenvalue weighted by atomic mass is 79.9. The van der Waals surface area contributed by atoms with Crippen molar-refractivity contribution in [1.82, 2.24) is 14.6 Å². The highest BCUT2D eigenvalue weighted by molar-refractivity contribution is 9.10. The number of rotatable bonds is 1. The van der Waals surface area contributed by atoms with E-state index in [1.54, 1.807) is 6.07 Å². The van der Waals surface area contributed by atoms with Gasteiger partial charge in [-0.1, -0.05) is 28.1 Å². The third-order valence-electron chi connectivity index (χ3n) is 2.77. The number of hydrogen-bond acceptors (Lipinski definition) is 2. The quantitative estimate of drug-likeness (QED) is 0.664. The molecule has 0 unspecified atom stereocenters. The summed E-state index contributed by atoms with van der Waals surface area (Å²) in [5.74, 6) is 0. The first-order valence-corrected chi connectivity index (χ1v) is 6.41. The predicted octanol–water partition coefficient (Wildman–Crippen LogP) is 4.18. The molecule has 0 radical (unpaired) electrons. The van der Waals surface area contributed by atoms with Gasteiger partial charge < -0.3 is 0 Å². The molecule has 0 N–H and O–H groups in total. The largest absolute Gasteiger partial charge is 0.433 e. The van der Waals surface area contributed by atoms with Crippen LogP contribution in [0, 0.1) is 0 Å². The molecule has 0 saturated heterocycles. The number of halogens is 4. The van der Waals surface area contributed by atoms with Gasteiger partial charge in [-0.25, -0.2) is 9.50 Å². The maximum Gasteiger partial charge on any atom is 0.433 e. The molecule has 0 saturated carbocycles. The lowest BCUT2D eigenvalue weighted by Crippen LogP contribution is -2.08. The smallest absolute Gasteiger partial charge is 0.232 e. The molecule has 2 heterocycles. The van der Waals surface area contributed by atoms with Crippen molar-refractivity contribution in [3.05, 3.63) is 52.9 Å². The molecular weight excluding hydrogens is 335 g/mol. The maximum absolute atomic E-state index is 12.6. The number of nitrogens with zero attached hydrogens (tertiary/aromatic N) is 3. The second-order valence-electron chi connectivity index (χ2n) is 4.18. The first-order chi connectivity index (χ1) is 9.43. The average Bonchev–Trinajstić information content (AvgIpc) is 2.80. The Bertz CT molecular complexity index is 780. The van der Waals surface area contributed by atoms with E-state index in [0.717, 1.165) is 22.4 Å². The van der Waals surface area contributed by atoms with Crippen LogP contribution in [0.5, 0.6) is 0 Å². The Balaban J connectivity index is 2.11. The van der Waals surface area contributed by atoms with Crippen molar-refractivity contribution in [2.45, 2.75) is 6.18 Å². The van der Waals surface area contributed by atoms with Crippen LogP contribution in [0.25, 0.3) is 16.8 Å². The van der Waals surface area contributed by atoms with Crippen LogP contribution < -0.4 is 0 Å². The molecule has 3 rings (SSSR count). The molecule has 0 atom stereocenters. The van der Waals surface area contributed by atoms with Crippen LogP contribution in [-0.4, -0.2) is 14.6 Å². The SMILES string of the molecule is FC(F)(F)c1cc2cc(-c3cccc(Br)c3)nn2cn1. The molecule has 2 aromatic heterocycles. The highest BCUT2D eigenvalue weighted by Gasteiger charge is 2.32. The van der Waals surface area contributed by atoms with Crippen molar-refractivity contribution in [1.29, 1.82) is 0 Å². The fourth-order valence-corrected chi connectivity index (χ4v) is 2.25. The standard InChI is InChI=1S/C13H7BrF3N3/c14-9-3-1-2-8(4-9)11-5-10-6-12(13(15,16)17)18-7-20(10)19-11/h1-7H. The van der Waals surface area contributed by atoms with Gasteiger partial charge in [0.05, 0.1) is 11.2 Å². The van der Waals surface area contributed by atoms with Gasteiger partial charge in [0.15, 0.2) is 0 Å². The average molecular weight is 342 g/mol. The minimum atomic E-state index is -4.46. The van der Waals surface area contributed by atoms with Crippen molar-refractivity contribution < 1.29 is 13.2 Å². The molecule has 7 heteroatoms. The van der Waals surface area contributed by atoms with Crippen LogP contribution in [0.3, 0.4) is 0 Å². The van der Waals surface area contributed by atoms with E-state index in [1.807, 2.05) is 24.3 Å². The van der Waals surface area contributed by atoms with Crippen LogP contribution in [0.2, 0.25) is 0 Å². The monoisotopic (exact) mass is 341 g/mol. The van der Waals surface area contributed by atoms with Crippen LogP contribution >= 0.6 is 15.9 Å². The van der Waals surface area contributed by atoms with E-state index in [9.17, 15) is 13.2 Å². The lowest BCUT2D eigenvalue weighted by atomic mass is 10.1. The summed E-state index contributed by atoms with van der Waals surface area (Å²) >= 11 is 3.35. The van der Waals surface area contributed by atoms with Gasteiger partial charge in [-0.15, -0.1) is 0 Å². The number of hydrogen-bond donors (Lipinski definition) is 0. The zero-order valence-electron chi connectivity index (χ0n) is 9.89. The number of aromatic nitrogens is 3. The fourth-order valence-electron chi connectivity index (χ4n) is 1.85. The summed E-state index contributed by atoms with van der Waals surface area (Å²) in [4.78, 5) is 3.37. The van der Waals surface area contributed by atoms with Crippen molar-refractivity contribution >= 4 is 21.4 Å². The molecule has 0 fully saturated rings. The Morgan fingerprint density at radius 3 is 2.60 bits per heavy atom. The molecule has 0 spiro atoms. The molecule has 0 aliphatic heterocycles. The summed E-state index contributed by atoms with van der Waals surface area (Å²) in [7, 11) is 0. The molecule has 1 aromatic carbocycles. The summed E-state index contributed by atoms with van der Waals surface area (Å²) in [6.45, 7) is 0. The summed E-state index contributed by atoms with van der Waals surface area (Å²) in [5.41, 5.74) is 0.831. The van der Waals surface area contributed by atoms with Gasteiger partial charge in [0, 0.05) is 10.0 Å². The zero-order chi connectivity index (χ0) is 14.3. The van der Waals surface area contributed by atoms with Crippen molar-refractivity contribution in [3.63, 3.8) is 0 Å². The van der Waals surface area contributed by atoms with Crippen LogP contribution in [-0.2, 0) is 6.18 Å². The molecule has 0 bridgehead atoms. The van der Waals surface area contributed by atoms with Gasteiger partial charge in [0.25, 0.3) is 0 Å². The Morgan fingerprint density at radius 2 is 1.90 bits per heavy atom. The van der Waals surface area contributed by atoms with Crippen molar-refractivity contribution in [2.75, 3.05) is 0 Å². The van der Waals surface area contributed by atoms with Crippen molar-refractivity contribution in [2.24, 2.45) is 0 Å². The molecule has 3 aromatic rings. The highest BCUT2D eigenvalue weighted by Crippen LogP contribution is 2.29. The minimum Gasteiger partial charge on any atom is -0.232 e. The van der Waals surface area contributed by atoms with Gasteiger partial charge in [0.1, 0.15) is 12.0 Å². The third kappa shape index (κ3) is 2.40. The van der Waals surface area contributed by atoms with Crippen LogP contribution in [0.1, 0.15) is 5.69 Å². The van der Waals surface area contributed by atoms with Gasteiger partial charge >= 0.3 is 6.18 Å². The first kappa shape index (κ1) is 13.1. The Labute approximate surface area is 120 Å². The Morgan fingerprint density at radius 1 is 1.10 bits per heavy atom. The van der Waals surface area contributed by atoms with Gasteiger partial charge in [0.2, 0.25) is 0 Å². The zero-order valence-corrected chi connectivity index (χ0v) is 11.5. The van der Waals surface area contributed by atoms with E-state index in [2.05, 4.69) is 26.0 Å². The summed E-state index contributed by atoms with van der Waals surface area (Å²) in [6.07, 6.45) is -3.39. The third-order valence-corrected chi connectivity index (χ3v) is 3.26. The van der Waals surface area contributed by atoms with E-state index in [1.165, 1.54) is 4.52 Å². The number of alkyl halides is 3. The normalized spacial score (nSPS) is 12.0. The van der Waals surface area contributed by atoms with Crippen LogP contribution in [0.15, 0.2) is 47.2 Å². The second kappa shape index (κ2) is 4.59. The molecule has 0 aliphatic carbocycles. The molecule has 0 amide bonds. The first-order valence-electron chi connectivity index (χ1n) is 5.62. The van der Waals surface area contributed by atoms with E-state index in [-0.39, 0.29) is 0 Å². The summed E-state index contributed by atoms with van der Waals surface area (Å²) in [5, 5.41) is 4.21. The van der Waals surface area contributed by atoms with E-state index in [0.29, 0.717) is 11.2 Å². The summed E-state index contributed by atoms with van der Waals surface area (Å²) in [6, 6.07) is 9.96. The van der Waals surface area contributed by atoms with Gasteiger partial charge in [-0.05, 0) is 24.3 Å². The van der Waals surface area contributed by atoms with E-state index >= 15 is 0 Å². The predicted molar refractivity (Wildman–Crippen MR) is 71.1 cm³/mol. The van der Waals surface area contributed by atoms with Crippen molar-refractivity contribution in [3.8, 4) is 11.3 Å². The van der Waals surface area contributed by atoms with Gasteiger partial charge in [-0.3, -0.25) is 0 Å². The lowest BCUT2D eigenvalue weighted by Gasteiger charge is -2.04. The minimum absolute atomic E-state index is 0.349. The molecule has 102 valence electrons. The molecule has 0 aliphatic rings. The molecular formula is C13H7BrF3N3. The van der Waals surface area contributed by atoms with Crippen LogP contribution in [0.4, 0.5) is 13.2 Å². The number of fused-ring (bicyclic) bond motifs is 1. The van der Waals surface area contributed by atoms with E-state index in [4.69, 9.17) is 0 Å². The molecule has 20 heavy (non-hydrogen) atoms. The fraction of sp³-hybridized carbons (Fsp3) is 0.0769.